The van der Waals surface area contributed by atoms with Crippen molar-refractivity contribution in [3.05, 3.63) is 131 Å². The first kappa shape index (κ1) is 32.5. The molecule has 0 radical (unpaired) electrons. The first-order valence-electron chi connectivity index (χ1n) is 15.2. The Bertz CT molecular complexity index is 2130. The zero-order chi connectivity index (χ0) is 34.2. The number of carbonyl (C=O) groups excluding carboxylic acids is 2. The van der Waals surface area contributed by atoms with E-state index in [1.165, 1.54) is 19.2 Å². The number of ether oxygens (including phenoxy) is 2. The fourth-order valence-electron chi connectivity index (χ4n) is 5.71. The third-order valence-corrected chi connectivity index (χ3v) is 8.27. The molecule has 6 aromatic rings. The summed E-state index contributed by atoms with van der Waals surface area (Å²) in [4.78, 5) is 32.1. The second-order valence-corrected chi connectivity index (χ2v) is 11.5. The Morgan fingerprint density at radius 1 is 0.771 bits per heavy atom. The molecule has 2 aromatic heterocycles. The fourth-order valence-corrected chi connectivity index (χ4v) is 5.71. The van der Waals surface area contributed by atoms with Crippen molar-refractivity contribution in [1.29, 1.82) is 0 Å². The number of benzene rings is 4. The van der Waals surface area contributed by atoms with E-state index >= 15 is 0 Å². The van der Waals surface area contributed by atoms with Crippen molar-refractivity contribution in [2.45, 2.75) is 26.6 Å². The number of aromatic nitrogens is 3. The summed E-state index contributed by atoms with van der Waals surface area (Å²) in [5.41, 5.74) is 5.56. The molecule has 6 rings (SSSR count). The number of imidazole rings is 1. The molecule has 0 amide bonds. The Hall–Kier alpha value is -5.48. The zero-order valence-electron chi connectivity index (χ0n) is 26.8. The maximum atomic E-state index is 14.7. The molecular weight excluding hydrogens is 619 g/mol. The van der Waals surface area contributed by atoms with Crippen LogP contribution in [-0.4, -0.2) is 46.7 Å². The van der Waals surface area contributed by atoms with Crippen LogP contribution in [0.4, 0.5) is 13.2 Å². The highest BCUT2D eigenvalue weighted by atomic mass is 19.4. The van der Waals surface area contributed by atoms with Gasteiger partial charge in [0.25, 0.3) is 0 Å². The third-order valence-electron chi connectivity index (χ3n) is 8.27. The lowest BCUT2D eigenvalue weighted by Crippen LogP contribution is -2.17. The summed E-state index contributed by atoms with van der Waals surface area (Å²) in [6, 6.07) is 26.5. The summed E-state index contributed by atoms with van der Waals surface area (Å²) in [5.74, 6) is -0.509. The Morgan fingerprint density at radius 2 is 1.38 bits per heavy atom. The number of alkyl halides is 3. The molecule has 0 atom stereocenters. The van der Waals surface area contributed by atoms with E-state index in [4.69, 9.17) is 14.5 Å². The topological polar surface area (TPSA) is 75.4 Å². The molecule has 0 saturated carbocycles. The predicted molar refractivity (Wildman–Crippen MR) is 177 cm³/mol. The van der Waals surface area contributed by atoms with E-state index in [1.54, 1.807) is 42.0 Å². The molecule has 0 aliphatic heterocycles. The van der Waals surface area contributed by atoms with E-state index in [1.807, 2.05) is 60.9 Å². The molecule has 244 valence electrons. The molecule has 48 heavy (non-hydrogen) atoms. The fraction of sp³-hybridized carbons (Fsp3) is 0.184. The first-order chi connectivity index (χ1) is 23.0. The maximum Gasteiger partial charge on any atom is 0.416 e. The van der Waals surface area contributed by atoms with Gasteiger partial charge in [0.1, 0.15) is 5.69 Å². The number of methoxy groups -OCH3 is 2. The number of halogens is 3. The molecule has 0 saturated heterocycles. The third kappa shape index (κ3) is 6.14. The molecule has 7 nitrogen and oxygen atoms in total. The van der Waals surface area contributed by atoms with Gasteiger partial charge in [0, 0.05) is 24.8 Å². The summed E-state index contributed by atoms with van der Waals surface area (Å²) in [6.45, 7) is 4.50. The summed E-state index contributed by atoms with van der Waals surface area (Å²) in [7, 11) is 2.86. The zero-order valence-corrected chi connectivity index (χ0v) is 26.8. The number of aryl methyl sites for hydroxylation is 2. The standard InChI is InChI=1S/C38H32F3N3O4/c1-23-5-9-25(10-6-23)30-22-33(26-13-16-29(17-14-26)38(39,40)41)44(34(30)35(45)27-11-7-24(2)8-12-27)37-42-31-21-28(36(46)48-4)15-18-32(31)43(37)19-20-47-3/h5-18,21-22H,19-20H2,1-4H3. The van der Waals surface area contributed by atoms with E-state index < -0.39 is 17.7 Å². The minimum absolute atomic E-state index is 0.278. The lowest BCUT2D eigenvalue weighted by molar-refractivity contribution is -0.137. The molecular formula is C38H32F3N3O4. The quantitative estimate of drug-likeness (QED) is 0.116. The molecule has 2 heterocycles. The number of rotatable bonds is 9. The minimum Gasteiger partial charge on any atom is -0.465 e. The van der Waals surface area contributed by atoms with Crippen LogP contribution in [0.3, 0.4) is 0 Å². The Labute approximate surface area is 275 Å². The Kier molecular flexibility index (Phi) is 8.77. The summed E-state index contributed by atoms with van der Waals surface area (Å²) in [6.07, 6.45) is -4.52. The number of carbonyl (C=O) groups is 2. The van der Waals surface area contributed by atoms with E-state index in [0.717, 1.165) is 28.8 Å². The van der Waals surface area contributed by atoms with Gasteiger partial charge in [-0.3, -0.25) is 9.36 Å². The van der Waals surface area contributed by atoms with Crippen molar-refractivity contribution >= 4 is 22.8 Å². The lowest BCUT2D eigenvalue weighted by atomic mass is 9.98. The highest BCUT2D eigenvalue weighted by Gasteiger charge is 2.32. The maximum absolute atomic E-state index is 14.7. The van der Waals surface area contributed by atoms with Crippen LogP contribution < -0.4 is 0 Å². The van der Waals surface area contributed by atoms with Crippen LogP contribution in [0.25, 0.3) is 39.4 Å². The molecule has 0 unspecified atom stereocenters. The van der Waals surface area contributed by atoms with Gasteiger partial charge < -0.3 is 14.0 Å². The van der Waals surface area contributed by atoms with Gasteiger partial charge in [-0.05, 0) is 61.4 Å². The van der Waals surface area contributed by atoms with Gasteiger partial charge in [-0.2, -0.15) is 13.2 Å². The number of nitrogens with zero attached hydrogens (tertiary/aromatic N) is 3. The van der Waals surface area contributed by atoms with Crippen LogP contribution in [0.5, 0.6) is 0 Å². The molecule has 10 heteroatoms. The number of esters is 1. The van der Waals surface area contributed by atoms with Gasteiger partial charge in [-0.25, -0.2) is 9.78 Å². The van der Waals surface area contributed by atoms with Gasteiger partial charge in [0.05, 0.1) is 41.6 Å². The second-order valence-electron chi connectivity index (χ2n) is 11.5. The Balaban J connectivity index is 1.72. The summed E-state index contributed by atoms with van der Waals surface area (Å²) >= 11 is 0. The highest BCUT2D eigenvalue weighted by Crippen LogP contribution is 2.39. The van der Waals surface area contributed by atoms with Gasteiger partial charge >= 0.3 is 12.1 Å². The van der Waals surface area contributed by atoms with Gasteiger partial charge in [-0.15, -0.1) is 0 Å². The van der Waals surface area contributed by atoms with Crippen LogP contribution in [-0.2, 0) is 22.2 Å². The largest absolute Gasteiger partial charge is 0.465 e. The SMILES string of the molecule is COCCn1c(-n2c(-c3ccc(C(F)(F)F)cc3)cc(-c3ccc(C)cc3)c2C(=O)c2ccc(C)cc2)nc2cc(C(=O)OC)ccc21. The van der Waals surface area contributed by atoms with Crippen molar-refractivity contribution < 1.29 is 32.2 Å². The molecule has 0 aliphatic carbocycles. The predicted octanol–water partition coefficient (Wildman–Crippen LogP) is 8.46. The van der Waals surface area contributed by atoms with Crippen LogP contribution in [0.15, 0.2) is 97.1 Å². The van der Waals surface area contributed by atoms with Crippen LogP contribution in [0, 0.1) is 13.8 Å². The van der Waals surface area contributed by atoms with Crippen molar-refractivity contribution in [1.82, 2.24) is 14.1 Å². The molecule has 0 spiro atoms. The van der Waals surface area contributed by atoms with Crippen LogP contribution >= 0.6 is 0 Å². The number of ketones is 1. The van der Waals surface area contributed by atoms with E-state index in [0.29, 0.717) is 58.1 Å². The van der Waals surface area contributed by atoms with Crippen molar-refractivity contribution in [3.8, 4) is 28.3 Å². The van der Waals surface area contributed by atoms with E-state index in [2.05, 4.69) is 0 Å². The molecule has 0 bridgehead atoms. The highest BCUT2D eigenvalue weighted by molar-refractivity contribution is 6.13. The van der Waals surface area contributed by atoms with Gasteiger partial charge in [0.15, 0.2) is 0 Å². The van der Waals surface area contributed by atoms with Crippen LogP contribution in [0.2, 0.25) is 0 Å². The summed E-state index contributed by atoms with van der Waals surface area (Å²) < 4.78 is 54.8. The Morgan fingerprint density at radius 3 is 1.98 bits per heavy atom. The minimum atomic E-state index is -4.52. The molecule has 0 aliphatic rings. The van der Waals surface area contributed by atoms with Crippen molar-refractivity contribution in [2.75, 3.05) is 20.8 Å². The van der Waals surface area contributed by atoms with Crippen molar-refractivity contribution in [2.24, 2.45) is 0 Å². The van der Waals surface area contributed by atoms with Crippen molar-refractivity contribution in [3.63, 3.8) is 0 Å². The molecule has 4 aromatic carbocycles. The lowest BCUT2D eigenvalue weighted by Gasteiger charge is -2.17. The normalized spacial score (nSPS) is 11.6. The van der Waals surface area contributed by atoms with Gasteiger partial charge in [-0.1, -0.05) is 71.8 Å². The molecule has 0 N–H and O–H groups in total. The molecule has 0 fully saturated rings. The first-order valence-corrected chi connectivity index (χ1v) is 15.2. The van der Waals surface area contributed by atoms with Gasteiger partial charge in [0.2, 0.25) is 11.7 Å². The number of hydrogen-bond acceptors (Lipinski definition) is 5. The second kappa shape index (κ2) is 13.0. The number of hydrogen-bond donors (Lipinski definition) is 0. The van der Waals surface area contributed by atoms with E-state index in [-0.39, 0.29) is 11.5 Å². The van der Waals surface area contributed by atoms with E-state index in [9.17, 15) is 22.8 Å². The smallest absolute Gasteiger partial charge is 0.416 e. The number of fused-ring (bicyclic) bond motifs is 1. The van der Waals surface area contributed by atoms with Crippen LogP contribution in [0.1, 0.15) is 43.1 Å². The summed E-state index contributed by atoms with van der Waals surface area (Å²) in [5, 5.41) is 0. The monoisotopic (exact) mass is 651 g/mol. The average molecular weight is 652 g/mol. The average Bonchev–Trinajstić information content (AvgIpc) is 3.65.